The van der Waals surface area contributed by atoms with E-state index in [4.69, 9.17) is 21.1 Å². The smallest absolute Gasteiger partial charge is 0.324 e. The Balaban J connectivity index is 2.47. The number of carbonyl (C=O) groups is 2. The highest BCUT2D eigenvalue weighted by molar-refractivity contribution is 6.34. The molecule has 0 saturated carbocycles. The average Bonchev–Trinajstić information content (AvgIpc) is 2.58. The Hall–Kier alpha value is -2.33. The molecule has 25 heavy (non-hydrogen) atoms. The Kier molecular flexibility index (Phi) is 6.59. The fraction of sp³-hybridized carbons (Fsp3) is 0.300. The third kappa shape index (κ3) is 4.40. The van der Waals surface area contributed by atoms with Crippen molar-refractivity contribution in [2.45, 2.75) is 26.7 Å². The Labute approximate surface area is 152 Å². The van der Waals surface area contributed by atoms with E-state index in [9.17, 15) is 9.59 Å². The molecule has 0 aliphatic rings. The lowest BCUT2D eigenvalue weighted by molar-refractivity contribution is -0.156. The molecule has 0 amide bonds. The fourth-order valence-electron chi connectivity index (χ4n) is 2.58. The largest absolute Gasteiger partial charge is 0.465 e. The normalized spacial score (nSPS) is 10.6. The van der Waals surface area contributed by atoms with Crippen molar-refractivity contribution < 1.29 is 19.1 Å². The number of carbonyl (C=O) groups excluding carboxylic acids is 2. The Morgan fingerprint density at radius 3 is 2.20 bits per heavy atom. The molecule has 0 bridgehead atoms. The number of esters is 2. The van der Waals surface area contributed by atoms with Crippen molar-refractivity contribution in [3.05, 3.63) is 58.6 Å². The van der Waals surface area contributed by atoms with Crippen molar-refractivity contribution in [2.75, 3.05) is 13.2 Å². The number of hydrogen-bond acceptors (Lipinski definition) is 4. The molecule has 2 rings (SSSR count). The minimum Gasteiger partial charge on any atom is -0.465 e. The summed E-state index contributed by atoms with van der Waals surface area (Å²) in [7, 11) is 0. The molecule has 5 heteroatoms. The van der Waals surface area contributed by atoms with Gasteiger partial charge in [0.15, 0.2) is 5.92 Å². The fourth-order valence-corrected chi connectivity index (χ4v) is 2.81. The molecule has 0 radical (unpaired) electrons. The van der Waals surface area contributed by atoms with Crippen molar-refractivity contribution in [2.24, 2.45) is 0 Å². The molecule has 132 valence electrons. The molecule has 0 atom stereocenters. The predicted molar refractivity (Wildman–Crippen MR) is 97.6 cm³/mol. The van der Waals surface area contributed by atoms with Crippen LogP contribution in [0.25, 0.3) is 11.1 Å². The number of aryl methyl sites for hydroxylation is 1. The maximum Gasteiger partial charge on any atom is 0.324 e. The zero-order chi connectivity index (χ0) is 18.4. The van der Waals surface area contributed by atoms with Gasteiger partial charge in [-0.25, -0.2) is 0 Å². The van der Waals surface area contributed by atoms with Crippen LogP contribution < -0.4 is 0 Å². The summed E-state index contributed by atoms with van der Waals surface area (Å²) in [5.41, 5.74) is 3.14. The third-order valence-electron chi connectivity index (χ3n) is 3.77. The summed E-state index contributed by atoms with van der Waals surface area (Å²) in [5, 5.41) is 0.642. The quantitative estimate of drug-likeness (QED) is 0.561. The first-order valence-electron chi connectivity index (χ1n) is 8.18. The minimum atomic E-state index is -1.11. The molecular formula is C20H21ClO4. The molecule has 0 aromatic heterocycles. The van der Waals surface area contributed by atoms with Gasteiger partial charge in [-0.3, -0.25) is 9.59 Å². The highest BCUT2D eigenvalue weighted by atomic mass is 35.5. The molecule has 2 aromatic rings. The van der Waals surface area contributed by atoms with Gasteiger partial charge in [-0.1, -0.05) is 48.0 Å². The van der Waals surface area contributed by atoms with E-state index in [1.165, 1.54) is 0 Å². The highest BCUT2D eigenvalue weighted by Gasteiger charge is 2.31. The molecule has 0 spiro atoms. The standard InChI is InChI=1S/C20H21ClO4/c1-4-24-19(22)17(20(23)25-5-2)15-10-7-9-14(12-15)16-11-6-8-13(3)18(16)21/h6-12,17H,4-5H2,1-3H3. The van der Waals surface area contributed by atoms with Crippen LogP contribution in [0.5, 0.6) is 0 Å². The van der Waals surface area contributed by atoms with Gasteiger partial charge in [0, 0.05) is 5.56 Å². The van der Waals surface area contributed by atoms with E-state index in [1.54, 1.807) is 32.0 Å². The number of benzene rings is 2. The minimum absolute atomic E-state index is 0.193. The van der Waals surface area contributed by atoms with Crippen LogP contribution in [0.2, 0.25) is 5.02 Å². The monoisotopic (exact) mass is 360 g/mol. The second-order valence-electron chi connectivity index (χ2n) is 5.50. The van der Waals surface area contributed by atoms with Crippen molar-refractivity contribution in [1.82, 2.24) is 0 Å². The van der Waals surface area contributed by atoms with Crippen LogP contribution in [0, 0.1) is 6.92 Å². The summed E-state index contributed by atoms with van der Waals surface area (Å²) in [6.07, 6.45) is 0. The highest BCUT2D eigenvalue weighted by Crippen LogP contribution is 2.32. The Bertz CT molecular complexity index is 752. The van der Waals surface area contributed by atoms with Crippen molar-refractivity contribution in [1.29, 1.82) is 0 Å². The average molecular weight is 361 g/mol. The van der Waals surface area contributed by atoms with E-state index in [0.29, 0.717) is 10.6 Å². The SMILES string of the molecule is CCOC(=O)C(C(=O)OCC)c1cccc(-c2cccc(C)c2Cl)c1. The predicted octanol–water partition coefficient (Wildman–Crippen LogP) is 4.53. The zero-order valence-corrected chi connectivity index (χ0v) is 15.3. The van der Waals surface area contributed by atoms with E-state index in [0.717, 1.165) is 16.7 Å². The van der Waals surface area contributed by atoms with E-state index >= 15 is 0 Å². The van der Waals surface area contributed by atoms with Crippen LogP contribution in [0.4, 0.5) is 0 Å². The van der Waals surface area contributed by atoms with E-state index < -0.39 is 17.9 Å². The number of rotatable bonds is 6. The summed E-state index contributed by atoms with van der Waals surface area (Å²) >= 11 is 6.40. The second kappa shape index (κ2) is 8.67. The van der Waals surface area contributed by atoms with Gasteiger partial charge < -0.3 is 9.47 Å². The maximum absolute atomic E-state index is 12.3. The zero-order valence-electron chi connectivity index (χ0n) is 14.5. The maximum atomic E-state index is 12.3. The molecule has 2 aromatic carbocycles. The van der Waals surface area contributed by atoms with Crippen LogP contribution in [-0.4, -0.2) is 25.2 Å². The lowest BCUT2D eigenvalue weighted by Crippen LogP contribution is -2.26. The lowest BCUT2D eigenvalue weighted by Gasteiger charge is -2.16. The lowest BCUT2D eigenvalue weighted by atomic mass is 9.94. The van der Waals surface area contributed by atoms with Gasteiger partial charge in [0.1, 0.15) is 0 Å². The topological polar surface area (TPSA) is 52.6 Å². The summed E-state index contributed by atoms with van der Waals surface area (Å²) in [6, 6.07) is 12.9. The summed E-state index contributed by atoms with van der Waals surface area (Å²) in [6.45, 7) is 5.71. The van der Waals surface area contributed by atoms with Gasteiger partial charge >= 0.3 is 11.9 Å². The molecule has 0 aliphatic carbocycles. The van der Waals surface area contributed by atoms with Crippen LogP contribution in [0.3, 0.4) is 0 Å². The molecular weight excluding hydrogens is 340 g/mol. The number of ether oxygens (including phenoxy) is 2. The molecule has 4 nitrogen and oxygen atoms in total. The van der Waals surface area contributed by atoms with Gasteiger partial charge in [0.05, 0.1) is 18.2 Å². The number of hydrogen-bond donors (Lipinski definition) is 0. The summed E-state index contributed by atoms with van der Waals surface area (Å²) < 4.78 is 10.1. The molecule has 0 aliphatic heterocycles. The Morgan fingerprint density at radius 2 is 1.60 bits per heavy atom. The Morgan fingerprint density at radius 1 is 1.00 bits per heavy atom. The van der Waals surface area contributed by atoms with Gasteiger partial charge in [-0.2, -0.15) is 0 Å². The van der Waals surface area contributed by atoms with Gasteiger partial charge in [-0.15, -0.1) is 0 Å². The first kappa shape index (κ1) is 19.0. The molecule has 0 saturated heterocycles. The van der Waals surface area contributed by atoms with Crippen LogP contribution in [0.15, 0.2) is 42.5 Å². The second-order valence-corrected chi connectivity index (χ2v) is 5.88. The number of halogens is 1. The van der Waals surface area contributed by atoms with Gasteiger partial charge in [0.25, 0.3) is 0 Å². The molecule has 0 fully saturated rings. The summed E-state index contributed by atoms with van der Waals surface area (Å²) in [4.78, 5) is 24.6. The van der Waals surface area contributed by atoms with Crippen molar-refractivity contribution in [3.63, 3.8) is 0 Å². The first-order valence-corrected chi connectivity index (χ1v) is 8.56. The van der Waals surface area contributed by atoms with Crippen LogP contribution in [0.1, 0.15) is 30.9 Å². The molecule has 0 heterocycles. The van der Waals surface area contributed by atoms with E-state index in [-0.39, 0.29) is 13.2 Å². The van der Waals surface area contributed by atoms with Crippen molar-refractivity contribution >= 4 is 23.5 Å². The van der Waals surface area contributed by atoms with E-state index in [1.807, 2.05) is 31.2 Å². The van der Waals surface area contributed by atoms with Gasteiger partial charge in [0.2, 0.25) is 0 Å². The third-order valence-corrected chi connectivity index (χ3v) is 4.27. The van der Waals surface area contributed by atoms with Gasteiger partial charge in [-0.05, 0) is 43.5 Å². The molecule has 0 N–H and O–H groups in total. The first-order chi connectivity index (χ1) is 12.0. The van der Waals surface area contributed by atoms with Crippen LogP contribution in [-0.2, 0) is 19.1 Å². The summed E-state index contributed by atoms with van der Waals surface area (Å²) in [5.74, 6) is -2.34. The van der Waals surface area contributed by atoms with Crippen molar-refractivity contribution in [3.8, 4) is 11.1 Å². The van der Waals surface area contributed by atoms with Crippen LogP contribution >= 0.6 is 11.6 Å². The molecule has 0 unspecified atom stereocenters. The van der Waals surface area contributed by atoms with E-state index in [2.05, 4.69) is 0 Å².